The number of amides is 3. The van der Waals surface area contributed by atoms with E-state index in [1.165, 1.54) is 4.90 Å². The number of carbonyl (C=O) groups is 4. The van der Waals surface area contributed by atoms with Gasteiger partial charge in [0.1, 0.15) is 17.7 Å². The Morgan fingerprint density at radius 2 is 2.08 bits per heavy atom. The van der Waals surface area contributed by atoms with E-state index in [-0.39, 0.29) is 37.4 Å². The van der Waals surface area contributed by atoms with Crippen LogP contribution in [0.4, 0.5) is 0 Å². The largest absolute Gasteiger partial charge is 0.460 e. The van der Waals surface area contributed by atoms with Crippen molar-refractivity contribution in [1.29, 1.82) is 0 Å². The molecule has 3 aliphatic heterocycles. The molecule has 38 heavy (non-hydrogen) atoms. The topological polar surface area (TPSA) is 125 Å². The highest BCUT2D eigenvalue weighted by Crippen LogP contribution is 2.58. The molecule has 0 aromatic heterocycles. The third-order valence-corrected chi connectivity index (χ3v) is 7.82. The number of allylic oxidation sites excluding steroid dienone is 1. The van der Waals surface area contributed by atoms with Crippen LogP contribution in [0, 0.1) is 11.8 Å². The molecule has 10 heteroatoms. The second kappa shape index (κ2) is 13.4. The summed E-state index contributed by atoms with van der Waals surface area (Å²) in [7, 11) is 0. The maximum atomic E-state index is 13.9. The summed E-state index contributed by atoms with van der Waals surface area (Å²) in [4.78, 5) is 56.0. The predicted octanol–water partition coefficient (Wildman–Crippen LogP) is 1.57. The van der Waals surface area contributed by atoms with Crippen LogP contribution >= 0.6 is 0 Å². The average Bonchev–Trinajstić information content (AvgIpc) is 3.53. The van der Waals surface area contributed by atoms with Crippen LogP contribution in [0.5, 0.6) is 0 Å². The number of ether oxygens (including phenoxy) is 2. The van der Waals surface area contributed by atoms with Crippen molar-refractivity contribution in [1.82, 2.24) is 15.1 Å². The first kappa shape index (κ1) is 29.8. The van der Waals surface area contributed by atoms with E-state index in [0.717, 1.165) is 19.3 Å². The van der Waals surface area contributed by atoms with Crippen LogP contribution in [-0.4, -0.2) is 95.2 Å². The van der Waals surface area contributed by atoms with Crippen molar-refractivity contribution in [3.63, 3.8) is 0 Å². The Kier molecular flexibility index (Phi) is 10.5. The Hall–Kier alpha value is -2.72. The van der Waals surface area contributed by atoms with Gasteiger partial charge in [-0.3, -0.25) is 19.2 Å². The highest BCUT2D eigenvalue weighted by atomic mass is 16.6. The first-order valence-electron chi connectivity index (χ1n) is 13.8. The molecule has 0 aliphatic carbocycles. The van der Waals surface area contributed by atoms with E-state index in [1.807, 2.05) is 0 Å². The monoisotopic (exact) mass is 533 g/mol. The van der Waals surface area contributed by atoms with Gasteiger partial charge in [0, 0.05) is 26.1 Å². The van der Waals surface area contributed by atoms with Crippen LogP contribution < -0.4 is 5.32 Å². The summed E-state index contributed by atoms with van der Waals surface area (Å²) < 4.78 is 12.0. The van der Waals surface area contributed by atoms with Crippen LogP contribution in [0.3, 0.4) is 0 Å². The quantitative estimate of drug-likeness (QED) is 0.175. The van der Waals surface area contributed by atoms with Crippen LogP contribution in [0.1, 0.15) is 58.8 Å². The van der Waals surface area contributed by atoms with Crippen molar-refractivity contribution in [3.05, 3.63) is 25.3 Å². The molecule has 0 saturated carbocycles. The molecule has 3 rings (SSSR count). The molecule has 2 N–H and O–H groups in total. The summed E-state index contributed by atoms with van der Waals surface area (Å²) in [5, 5.41) is 12.5. The van der Waals surface area contributed by atoms with Gasteiger partial charge in [0.25, 0.3) is 0 Å². The van der Waals surface area contributed by atoms with Gasteiger partial charge in [0.15, 0.2) is 0 Å². The Morgan fingerprint density at radius 1 is 1.32 bits per heavy atom. The van der Waals surface area contributed by atoms with E-state index in [2.05, 4.69) is 25.4 Å². The molecule has 212 valence electrons. The molecular formula is C28H43N3O7. The van der Waals surface area contributed by atoms with Gasteiger partial charge in [-0.1, -0.05) is 31.9 Å². The summed E-state index contributed by atoms with van der Waals surface area (Å²) in [6.45, 7) is 11.8. The molecule has 1 spiro atoms. The van der Waals surface area contributed by atoms with Crippen molar-refractivity contribution in [3.8, 4) is 0 Å². The second-order valence-electron chi connectivity index (χ2n) is 10.5. The van der Waals surface area contributed by atoms with Gasteiger partial charge in [-0.05, 0) is 32.6 Å². The minimum absolute atomic E-state index is 0.0205. The molecule has 3 heterocycles. The molecule has 2 bridgehead atoms. The van der Waals surface area contributed by atoms with Gasteiger partial charge < -0.3 is 29.7 Å². The standard InChI is InChI=1S/C28H43N3O7/c1-5-8-10-15-30(14-7-3)26(35)24-28-13-12-20(38-28)22(23(28)25(34)31(24)16-17-32)27(36)37-19(4)18-29-21(33)11-9-6-2/h6-7,19-20,22-24,32H,2-3,5,8-18H2,1,4H3,(H,29,33)/t19-,20-,22+,23+,24-,28+/m0/s1. The molecule has 0 unspecified atom stereocenters. The smallest absolute Gasteiger partial charge is 0.312 e. The van der Waals surface area contributed by atoms with E-state index in [1.54, 1.807) is 24.0 Å². The Labute approximate surface area is 225 Å². The maximum Gasteiger partial charge on any atom is 0.312 e. The van der Waals surface area contributed by atoms with E-state index >= 15 is 0 Å². The highest BCUT2D eigenvalue weighted by molar-refractivity contribution is 5.98. The van der Waals surface area contributed by atoms with Crippen LogP contribution in [-0.2, 0) is 28.7 Å². The summed E-state index contributed by atoms with van der Waals surface area (Å²) in [6, 6.07) is -0.918. The molecule has 0 aromatic rings. The minimum atomic E-state index is -1.13. The number of carbonyl (C=O) groups excluding carboxylic acids is 4. The second-order valence-corrected chi connectivity index (χ2v) is 10.5. The first-order chi connectivity index (χ1) is 18.2. The first-order valence-corrected chi connectivity index (χ1v) is 13.8. The molecule has 6 atom stereocenters. The third-order valence-electron chi connectivity index (χ3n) is 7.82. The zero-order valence-corrected chi connectivity index (χ0v) is 22.7. The molecule has 10 nitrogen and oxygen atoms in total. The van der Waals surface area contributed by atoms with Crippen molar-refractivity contribution in [2.24, 2.45) is 11.8 Å². The lowest BCUT2D eigenvalue weighted by molar-refractivity contribution is -0.159. The van der Waals surface area contributed by atoms with Gasteiger partial charge in [0.2, 0.25) is 17.7 Å². The predicted molar refractivity (Wildman–Crippen MR) is 141 cm³/mol. The van der Waals surface area contributed by atoms with E-state index in [4.69, 9.17) is 9.47 Å². The Balaban J connectivity index is 1.78. The normalized spacial score (nSPS) is 28.1. The number of nitrogens with zero attached hydrogens (tertiary/aromatic N) is 2. The Morgan fingerprint density at radius 3 is 2.74 bits per heavy atom. The zero-order valence-electron chi connectivity index (χ0n) is 22.7. The zero-order chi connectivity index (χ0) is 27.9. The number of nitrogens with one attached hydrogen (secondary N) is 1. The van der Waals surface area contributed by atoms with Crippen molar-refractivity contribution < 1.29 is 33.8 Å². The molecular weight excluding hydrogens is 490 g/mol. The number of hydrogen-bond donors (Lipinski definition) is 2. The number of fused-ring (bicyclic) bond motifs is 1. The van der Waals surface area contributed by atoms with Gasteiger partial charge in [-0.15, -0.1) is 13.2 Å². The number of β-amino-alcohol motifs (C(OH)–C–C–N with tert-alkyl or cyclic N) is 1. The number of rotatable bonds is 16. The number of aliphatic hydroxyl groups is 1. The van der Waals surface area contributed by atoms with E-state index in [9.17, 15) is 24.3 Å². The minimum Gasteiger partial charge on any atom is -0.460 e. The molecule has 3 fully saturated rings. The molecule has 0 radical (unpaired) electrons. The average molecular weight is 534 g/mol. The molecule has 3 saturated heterocycles. The number of likely N-dealkylation sites (tertiary alicyclic amines) is 1. The number of aliphatic hydroxyl groups excluding tert-OH is 1. The fraction of sp³-hybridized carbons (Fsp3) is 0.714. The third kappa shape index (κ3) is 5.96. The van der Waals surface area contributed by atoms with Gasteiger partial charge in [-0.25, -0.2) is 0 Å². The lowest BCUT2D eigenvalue weighted by Gasteiger charge is -2.36. The summed E-state index contributed by atoms with van der Waals surface area (Å²) in [5.74, 6) is -3.03. The van der Waals surface area contributed by atoms with Crippen molar-refractivity contribution >= 4 is 23.7 Å². The van der Waals surface area contributed by atoms with Gasteiger partial charge in [-0.2, -0.15) is 0 Å². The van der Waals surface area contributed by atoms with Crippen molar-refractivity contribution in [2.75, 3.05) is 32.8 Å². The van der Waals surface area contributed by atoms with Crippen LogP contribution in [0.15, 0.2) is 25.3 Å². The fourth-order valence-electron chi connectivity index (χ4n) is 6.12. The highest BCUT2D eigenvalue weighted by Gasteiger charge is 2.75. The summed E-state index contributed by atoms with van der Waals surface area (Å²) in [6.07, 6.45) is 6.87. The summed E-state index contributed by atoms with van der Waals surface area (Å²) in [5.41, 5.74) is -1.13. The number of esters is 1. The van der Waals surface area contributed by atoms with Gasteiger partial charge >= 0.3 is 5.97 Å². The number of hydrogen-bond acceptors (Lipinski definition) is 7. The van der Waals surface area contributed by atoms with Gasteiger partial charge in [0.05, 0.1) is 31.1 Å². The Bertz CT molecular complexity index is 909. The molecule has 0 aromatic carbocycles. The van der Waals surface area contributed by atoms with E-state index in [0.29, 0.717) is 38.8 Å². The van der Waals surface area contributed by atoms with E-state index < -0.39 is 41.7 Å². The fourth-order valence-corrected chi connectivity index (χ4v) is 6.12. The summed E-state index contributed by atoms with van der Waals surface area (Å²) >= 11 is 0. The SMILES string of the molecule is C=CCCC(=O)NC[C@H](C)OC(=O)[C@@H]1[C@@H]2CC[C@]3(O2)[C@H](C(=O)N(CC=C)CCCCC)N(CCO)C(=O)[C@@H]13. The van der Waals surface area contributed by atoms with Crippen LogP contribution in [0.2, 0.25) is 0 Å². The lowest BCUT2D eigenvalue weighted by Crippen LogP contribution is -2.56. The maximum absolute atomic E-state index is 13.9. The molecule has 3 aliphatic rings. The van der Waals surface area contributed by atoms with Crippen molar-refractivity contribution in [2.45, 2.75) is 82.6 Å². The number of unbranched alkanes of at least 4 members (excludes halogenated alkanes) is 2. The van der Waals surface area contributed by atoms with Crippen LogP contribution in [0.25, 0.3) is 0 Å². The molecule has 3 amide bonds. The lowest BCUT2D eigenvalue weighted by atomic mass is 9.70.